The van der Waals surface area contributed by atoms with E-state index >= 15 is 4.39 Å². The number of likely N-dealkylation sites (tertiary alicyclic amines) is 1. The number of nitrogens with one attached hydrogen (secondary N) is 2. The molecule has 6 fully saturated rings. The number of pyridine rings is 1. The first kappa shape index (κ1) is 56.8. The lowest BCUT2D eigenvalue weighted by Gasteiger charge is -2.36. The molecule has 6 saturated heterocycles. The number of hydrogen-bond donors (Lipinski definition) is 3. The summed E-state index contributed by atoms with van der Waals surface area (Å²) in [4.78, 5) is 72.2. The van der Waals surface area contributed by atoms with Gasteiger partial charge in [0.25, 0.3) is 0 Å². The Bertz CT molecular complexity index is 3610. The molecule has 6 aliphatic heterocycles. The molecule has 3 N–H and O–H groups in total. The van der Waals surface area contributed by atoms with Crippen LogP contribution in [0.5, 0.6) is 6.01 Å². The predicted octanol–water partition coefficient (Wildman–Crippen LogP) is 8.82. The van der Waals surface area contributed by atoms with Crippen LogP contribution in [0.3, 0.4) is 0 Å². The van der Waals surface area contributed by atoms with E-state index in [-0.39, 0.29) is 78.2 Å². The van der Waals surface area contributed by atoms with Gasteiger partial charge in [-0.25, -0.2) is 14.2 Å². The van der Waals surface area contributed by atoms with Crippen molar-refractivity contribution in [3.8, 4) is 27.7 Å². The van der Waals surface area contributed by atoms with Crippen LogP contribution in [0.2, 0.25) is 0 Å². The van der Waals surface area contributed by atoms with Gasteiger partial charge in [-0.2, -0.15) is 9.97 Å². The maximum absolute atomic E-state index is 17.3. The third kappa shape index (κ3) is 10.9. The summed E-state index contributed by atoms with van der Waals surface area (Å²) in [6.07, 6.45) is 7.16. The van der Waals surface area contributed by atoms with Gasteiger partial charge < -0.3 is 49.3 Å². The number of benzene rings is 3. The van der Waals surface area contributed by atoms with E-state index in [0.717, 1.165) is 108 Å². The number of piperazine rings is 2. The number of nitrogens with zero attached hydrogens (tertiary/aromatic N) is 10. The summed E-state index contributed by atoms with van der Waals surface area (Å²) in [6, 6.07) is 21.5. The van der Waals surface area contributed by atoms with Crippen LogP contribution in [0, 0.1) is 18.7 Å². The third-order valence-electron chi connectivity index (χ3n) is 18.9. The van der Waals surface area contributed by atoms with E-state index in [0.29, 0.717) is 67.7 Å². The van der Waals surface area contributed by atoms with Crippen molar-refractivity contribution in [3.05, 3.63) is 107 Å². The van der Waals surface area contributed by atoms with E-state index in [9.17, 15) is 19.5 Å². The first-order chi connectivity index (χ1) is 41.2. The monoisotopic (exact) mass is 1170 g/mol. The maximum atomic E-state index is 17.3. The second kappa shape index (κ2) is 23.5. The smallest absolute Gasteiger partial charge is 0.409 e. The zero-order valence-electron chi connectivity index (χ0n) is 49.0. The van der Waals surface area contributed by atoms with Crippen molar-refractivity contribution < 1.29 is 37.9 Å². The van der Waals surface area contributed by atoms with E-state index in [2.05, 4.69) is 55.7 Å². The summed E-state index contributed by atoms with van der Waals surface area (Å²) in [5, 5.41) is 24.6. The Morgan fingerprint density at radius 3 is 2.45 bits per heavy atom. The molecule has 3 amide bonds. The van der Waals surface area contributed by atoms with Crippen molar-refractivity contribution >= 4 is 62.6 Å². The zero-order chi connectivity index (χ0) is 58.7. The van der Waals surface area contributed by atoms with Crippen LogP contribution in [0.25, 0.3) is 43.4 Å². The maximum Gasteiger partial charge on any atom is 0.409 e. The first-order valence-electron chi connectivity index (χ1n) is 30.4. The molecule has 6 aliphatic rings. The highest BCUT2D eigenvalue weighted by Gasteiger charge is 2.51. The number of thiazole rings is 1. The second-order valence-electron chi connectivity index (χ2n) is 24.6. The molecule has 19 nitrogen and oxygen atoms in total. The van der Waals surface area contributed by atoms with Gasteiger partial charge in [0, 0.05) is 88.2 Å². The van der Waals surface area contributed by atoms with Crippen LogP contribution in [0.1, 0.15) is 107 Å². The molecule has 0 saturated carbocycles. The average Bonchev–Trinajstić information content (AvgIpc) is 3.30. The Morgan fingerprint density at radius 2 is 1.71 bits per heavy atom. The molecule has 10 heterocycles. The van der Waals surface area contributed by atoms with Gasteiger partial charge in [-0.15, -0.1) is 11.3 Å². The number of rotatable bonds is 16. The fraction of sp³-hybridized carbons (Fsp3) is 0.500. The van der Waals surface area contributed by atoms with Crippen molar-refractivity contribution in [2.75, 3.05) is 75.4 Å². The quantitative estimate of drug-likeness (QED) is 0.0826. The number of hydrogen-bond acceptors (Lipinski definition) is 17. The number of ether oxygens (including phenoxy) is 2. The van der Waals surface area contributed by atoms with Crippen LogP contribution >= 0.6 is 11.3 Å². The molecule has 446 valence electrons. The number of aryl methyl sites for hydroxylation is 2. The molecule has 4 aromatic heterocycles. The molecule has 0 radical (unpaired) electrons. The summed E-state index contributed by atoms with van der Waals surface area (Å²) < 4.78 is 36.0. The van der Waals surface area contributed by atoms with Gasteiger partial charge in [0.15, 0.2) is 17.4 Å². The van der Waals surface area contributed by atoms with Crippen LogP contribution in [0.15, 0.2) is 83.0 Å². The van der Waals surface area contributed by atoms with E-state index in [4.69, 9.17) is 28.9 Å². The summed E-state index contributed by atoms with van der Waals surface area (Å²) in [5.74, 6) is -0.517. The highest BCUT2D eigenvalue weighted by atomic mass is 32.1. The van der Waals surface area contributed by atoms with Crippen LogP contribution in [-0.4, -0.2) is 164 Å². The molecular formula is C64H75FN12O7S. The van der Waals surface area contributed by atoms with Crippen molar-refractivity contribution in [3.63, 3.8) is 0 Å². The first-order valence-corrected chi connectivity index (χ1v) is 31.3. The van der Waals surface area contributed by atoms with E-state index in [1.807, 2.05) is 80.6 Å². The topological polar surface area (TPSA) is 208 Å². The number of β-amino-alcohol motifs (C(OH)–C–C–N with tert-alkyl or cyclic N) is 1. The Kier molecular flexibility index (Phi) is 15.7. The standard InChI is InChI=1S/C64H75FN12O7S/c1-6-40-10-7-11-42-12-8-13-48(54(40)42)56-55(65)57-49(30-66-56)59(75-31-44-18-19-45(32-75)69-44)71-62(70-57)83-35-64-21-9-23-77(64)46(20-22-64)34-82-63(81)74-26-24-73(25-27-74)52-29-51(84-72-52)53(37(2)3)61(80)76-33-47(78)28-50(76)60(79)68-38(4)41-14-16-43(17-15-41)58-39(5)67-36-85-58/h7-8,10-17,29-30,36-38,44-47,50,53,69,78H,6,9,18-28,31-35H2,1-5H3,(H,68,79)/t38-,44?,45?,46+,47+,50-,53+,64+/m0/s1. The van der Waals surface area contributed by atoms with Gasteiger partial charge in [-0.1, -0.05) is 86.6 Å². The molecule has 13 rings (SSSR count). The fourth-order valence-corrected chi connectivity index (χ4v) is 15.3. The summed E-state index contributed by atoms with van der Waals surface area (Å²) in [7, 11) is 0. The van der Waals surface area contributed by atoms with Gasteiger partial charge in [-0.3, -0.25) is 19.5 Å². The molecular weight excluding hydrogens is 1100 g/mol. The van der Waals surface area contributed by atoms with Crippen LogP contribution in [-0.2, 0) is 20.7 Å². The highest BCUT2D eigenvalue weighted by Crippen LogP contribution is 2.44. The second-order valence-corrected chi connectivity index (χ2v) is 25.5. The minimum Gasteiger partial charge on any atom is -0.461 e. The average molecular weight is 1180 g/mol. The van der Waals surface area contributed by atoms with Crippen molar-refractivity contribution in [2.24, 2.45) is 5.92 Å². The largest absolute Gasteiger partial charge is 0.461 e. The minimum absolute atomic E-state index is 0.00495. The third-order valence-corrected chi connectivity index (χ3v) is 19.9. The lowest BCUT2D eigenvalue weighted by Crippen LogP contribution is -2.51. The molecule has 2 unspecified atom stereocenters. The number of aliphatic hydroxyl groups is 1. The SMILES string of the molecule is CCc1cccc2cccc(-c3ncc4c(N5CC6CCC(C5)N6)nc(OC[C@]56CCCN5[C@@H](COC(=O)N5CCN(c7cc([C@H](C(=O)N8C[C@H](O)C[C@H]8C(=O)N[C@@H](C)c8ccc(-c9scnc9C)cc8)C(C)C)on7)CC5)CC6)nc4c3F)c12. The highest BCUT2D eigenvalue weighted by molar-refractivity contribution is 7.13. The van der Waals surface area contributed by atoms with E-state index in [1.165, 1.54) is 4.90 Å². The number of fused-ring (bicyclic) bond motifs is 5. The lowest BCUT2D eigenvalue weighted by molar-refractivity contribution is -0.141. The Hall–Kier alpha value is -7.33. The summed E-state index contributed by atoms with van der Waals surface area (Å²) in [6.45, 7) is 14.5. The summed E-state index contributed by atoms with van der Waals surface area (Å²) >= 11 is 1.58. The fourth-order valence-electron chi connectivity index (χ4n) is 14.5. The number of halogens is 1. The molecule has 2 bridgehead atoms. The molecule has 0 spiro atoms. The molecule has 0 aliphatic carbocycles. The molecule has 8 atom stereocenters. The number of carbonyl (C=O) groups is 3. The summed E-state index contributed by atoms with van der Waals surface area (Å²) in [5.41, 5.74) is 6.77. The van der Waals surface area contributed by atoms with E-state index < -0.39 is 23.9 Å². The van der Waals surface area contributed by atoms with Crippen LogP contribution in [0.4, 0.5) is 20.8 Å². The number of aliphatic hydroxyl groups excluding tert-OH is 1. The van der Waals surface area contributed by atoms with Crippen LogP contribution < -0.4 is 25.2 Å². The Morgan fingerprint density at radius 1 is 0.929 bits per heavy atom. The van der Waals surface area contributed by atoms with Gasteiger partial charge in [-0.05, 0) is 98.7 Å². The van der Waals surface area contributed by atoms with Crippen molar-refractivity contribution in [1.29, 1.82) is 0 Å². The van der Waals surface area contributed by atoms with Gasteiger partial charge in [0.05, 0.1) is 39.2 Å². The number of aromatic nitrogens is 5. The number of amides is 3. The normalized spacial score (nSPS) is 24.0. The van der Waals surface area contributed by atoms with E-state index in [1.54, 1.807) is 28.5 Å². The predicted molar refractivity (Wildman–Crippen MR) is 323 cm³/mol. The number of anilines is 2. The zero-order valence-corrected chi connectivity index (χ0v) is 49.8. The lowest BCUT2D eigenvalue weighted by atomic mass is 9.91. The minimum atomic E-state index is -0.859. The van der Waals surface area contributed by atoms with Gasteiger partial charge in [0.1, 0.15) is 42.2 Å². The molecule has 21 heteroatoms. The molecule has 85 heavy (non-hydrogen) atoms. The Balaban J connectivity index is 0.630. The molecule has 7 aromatic rings. The Labute approximate surface area is 498 Å². The molecule has 3 aromatic carbocycles. The van der Waals surface area contributed by atoms with Gasteiger partial charge >= 0.3 is 12.1 Å². The van der Waals surface area contributed by atoms with Crippen molar-refractivity contribution in [2.45, 2.75) is 134 Å². The number of carbonyl (C=O) groups excluding carboxylic acids is 3. The van der Waals surface area contributed by atoms with Crippen molar-refractivity contribution in [1.82, 2.24) is 50.4 Å². The van der Waals surface area contributed by atoms with Gasteiger partial charge in [0.2, 0.25) is 11.8 Å².